The summed E-state index contributed by atoms with van der Waals surface area (Å²) < 4.78 is 6.65. The van der Waals surface area contributed by atoms with E-state index >= 15 is 0 Å². The lowest BCUT2D eigenvalue weighted by Gasteiger charge is -2.07. The highest BCUT2D eigenvalue weighted by atomic mass is 35.5. The zero-order valence-corrected chi connectivity index (χ0v) is 20.7. The number of hydrogen-bond acceptors (Lipinski definition) is 7. The van der Waals surface area contributed by atoms with E-state index in [0.717, 1.165) is 5.56 Å². The predicted octanol–water partition coefficient (Wildman–Crippen LogP) is 3.71. The molecule has 0 bridgehead atoms. The maximum absolute atomic E-state index is 12.3. The molecule has 0 aliphatic heterocycles. The van der Waals surface area contributed by atoms with Gasteiger partial charge in [0.25, 0.3) is 0 Å². The van der Waals surface area contributed by atoms with Gasteiger partial charge in [0, 0.05) is 23.8 Å². The summed E-state index contributed by atoms with van der Waals surface area (Å²) in [6, 6.07) is 13.7. The molecule has 0 atom stereocenters. The third-order valence-electron chi connectivity index (χ3n) is 4.68. The van der Waals surface area contributed by atoms with Gasteiger partial charge in [-0.3, -0.25) is 9.59 Å². The van der Waals surface area contributed by atoms with Gasteiger partial charge in [0.05, 0.1) is 24.5 Å². The minimum atomic E-state index is -0.410. The summed E-state index contributed by atoms with van der Waals surface area (Å²) in [4.78, 5) is 36.1. The number of carbonyl (C=O) groups excluding carboxylic acids is 3. The van der Waals surface area contributed by atoms with Crippen molar-refractivity contribution in [3.63, 3.8) is 0 Å². The first kappa shape index (κ1) is 26.0. The molecule has 35 heavy (non-hydrogen) atoms. The number of benzene rings is 2. The Bertz CT molecular complexity index is 1230. The third kappa shape index (κ3) is 7.69. The fourth-order valence-electron chi connectivity index (χ4n) is 2.86. The molecule has 2 aromatic carbocycles. The number of hydrogen-bond donors (Lipinski definition) is 2. The van der Waals surface area contributed by atoms with Crippen LogP contribution in [0, 0.1) is 0 Å². The van der Waals surface area contributed by atoms with Crippen LogP contribution in [0.2, 0.25) is 5.02 Å². The quantitative estimate of drug-likeness (QED) is 0.241. The SMILES string of the molecule is CCOC(=O)c1ccc(NC(=O)CSc2nnc(CNC(=O)/C=C/c3ccccc3Cl)n2C)cc1. The third-order valence-corrected chi connectivity index (χ3v) is 6.04. The number of halogens is 1. The lowest BCUT2D eigenvalue weighted by molar-refractivity contribution is -0.116. The molecule has 0 fully saturated rings. The molecule has 0 radical (unpaired) electrons. The van der Waals surface area contributed by atoms with Gasteiger partial charge in [-0.2, -0.15) is 0 Å². The Balaban J connectivity index is 1.46. The van der Waals surface area contributed by atoms with Gasteiger partial charge in [0.2, 0.25) is 11.8 Å². The number of ether oxygens (including phenoxy) is 1. The van der Waals surface area contributed by atoms with E-state index in [1.807, 2.05) is 18.2 Å². The van der Waals surface area contributed by atoms with Gasteiger partial charge in [-0.05, 0) is 48.9 Å². The summed E-state index contributed by atoms with van der Waals surface area (Å²) in [7, 11) is 1.76. The van der Waals surface area contributed by atoms with E-state index in [-0.39, 0.29) is 24.1 Å². The fraction of sp³-hybridized carbons (Fsp3) is 0.208. The van der Waals surface area contributed by atoms with Gasteiger partial charge in [-0.25, -0.2) is 4.79 Å². The normalized spacial score (nSPS) is 10.8. The van der Waals surface area contributed by atoms with Gasteiger partial charge in [-0.1, -0.05) is 41.6 Å². The second kappa shape index (κ2) is 12.7. The number of carbonyl (C=O) groups is 3. The summed E-state index contributed by atoms with van der Waals surface area (Å²) in [6.07, 6.45) is 3.04. The van der Waals surface area contributed by atoms with Gasteiger partial charge in [0.1, 0.15) is 0 Å². The Morgan fingerprint density at radius 3 is 2.57 bits per heavy atom. The Kier molecular flexibility index (Phi) is 9.45. The van der Waals surface area contributed by atoms with Crippen LogP contribution < -0.4 is 10.6 Å². The van der Waals surface area contributed by atoms with Gasteiger partial charge < -0.3 is 19.9 Å². The predicted molar refractivity (Wildman–Crippen MR) is 135 cm³/mol. The molecule has 2 amide bonds. The maximum atomic E-state index is 12.3. The number of nitrogens with zero attached hydrogens (tertiary/aromatic N) is 3. The van der Waals surface area contributed by atoms with Crippen LogP contribution in [0.4, 0.5) is 5.69 Å². The molecule has 3 aromatic rings. The standard InChI is InChI=1S/C24H24ClN5O4S/c1-3-34-23(33)17-8-11-18(12-9-17)27-22(32)15-35-24-29-28-20(30(24)2)14-26-21(31)13-10-16-6-4-5-7-19(16)25/h4-13H,3,14-15H2,1-2H3,(H,26,31)(H,27,32)/b13-10+. The average Bonchev–Trinajstić information content (AvgIpc) is 3.20. The van der Waals surface area contributed by atoms with Crippen LogP contribution in [-0.2, 0) is 27.9 Å². The van der Waals surface area contributed by atoms with Crippen molar-refractivity contribution in [2.75, 3.05) is 17.7 Å². The van der Waals surface area contributed by atoms with Crippen LogP contribution in [0.25, 0.3) is 6.08 Å². The second-order valence-corrected chi connectivity index (χ2v) is 8.51. The number of nitrogens with one attached hydrogen (secondary N) is 2. The van der Waals surface area contributed by atoms with Crippen LogP contribution >= 0.6 is 23.4 Å². The van der Waals surface area contributed by atoms with E-state index in [1.165, 1.54) is 17.8 Å². The minimum Gasteiger partial charge on any atom is -0.462 e. The number of anilines is 1. The number of thioether (sulfide) groups is 1. The molecule has 0 saturated heterocycles. The molecule has 0 aliphatic carbocycles. The van der Waals surface area contributed by atoms with Crippen molar-refractivity contribution < 1.29 is 19.1 Å². The second-order valence-electron chi connectivity index (χ2n) is 7.17. The van der Waals surface area contributed by atoms with Crippen LogP contribution in [0.5, 0.6) is 0 Å². The zero-order valence-electron chi connectivity index (χ0n) is 19.2. The van der Waals surface area contributed by atoms with Crippen LogP contribution in [-0.4, -0.2) is 44.9 Å². The maximum Gasteiger partial charge on any atom is 0.338 e. The average molecular weight is 514 g/mol. The molecule has 11 heteroatoms. The van der Waals surface area contributed by atoms with Gasteiger partial charge in [-0.15, -0.1) is 10.2 Å². The largest absolute Gasteiger partial charge is 0.462 e. The fourth-order valence-corrected chi connectivity index (χ4v) is 3.79. The Hall–Kier alpha value is -3.63. The summed E-state index contributed by atoms with van der Waals surface area (Å²) in [5, 5.41) is 14.8. The van der Waals surface area contributed by atoms with Crippen molar-refractivity contribution in [2.24, 2.45) is 7.05 Å². The van der Waals surface area contributed by atoms with Gasteiger partial charge >= 0.3 is 5.97 Å². The van der Waals surface area contributed by atoms with E-state index in [2.05, 4.69) is 20.8 Å². The molecule has 3 rings (SSSR count). The number of esters is 1. The van der Waals surface area contributed by atoms with Crippen molar-refractivity contribution >= 4 is 52.9 Å². The summed E-state index contributed by atoms with van der Waals surface area (Å²) >= 11 is 7.29. The molecule has 1 aromatic heterocycles. The van der Waals surface area contributed by atoms with Gasteiger partial charge in [0.15, 0.2) is 11.0 Å². The zero-order chi connectivity index (χ0) is 25.2. The van der Waals surface area contributed by atoms with Crippen LogP contribution in [0.3, 0.4) is 0 Å². The summed E-state index contributed by atoms with van der Waals surface area (Å²) in [5.74, 6) is -0.288. The Morgan fingerprint density at radius 2 is 1.86 bits per heavy atom. The van der Waals surface area contributed by atoms with Crippen LogP contribution in [0.1, 0.15) is 28.7 Å². The molecule has 0 spiro atoms. The first-order valence-electron chi connectivity index (χ1n) is 10.7. The lowest BCUT2D eigenvalue weighted by Crippen LogP contribution is -2.22. The molecule has 9 nitrogen and oxygen atoms in total. The molecule has 1 heterocycles. The Morgan fingerprint density at radius 1 is 1.11 bits per heavy atom. The van der Waals surface area contributed by atoms with Crippen LogP contribution in [0.15, 0.2) is 59.8 Å². The molecule has 2 N–H and O–H groups in total. The molecular formula is C24H24ClN5O4S. The highest BCUT2D eigenvalue weighted by molar-refractivity contribution is 7.99. The van der Waals surface area contributed by atoms with E-state index < -0.39 is 5.97 Å². The number of aromatic nitrogens is 3. The van der Waals surface area contributed by atoms with Crippen molar-refractivity contribution in [1.29, 1.82) is 0 Å². The van der Waals surface area contributed by atoms with Crippen molar-refractivity contribution in [2.45, 2.75) is 18.6 Å². The molecule has 0 aliphatic rings. The molecule has 0 saturated carbocycles. The van der Waals surface area contributed by atoms with E-state index in [9.17, 15) is 14.4 Å². The Labute approximate surface area is 211 Å². The van der Waals surface area contributed by atoms with Crippen molar-refractivity contribution in [3.8, 4) is 0 Å². The van der Waals surface area contributed by atoms with E-state index in [4.69, 9.17) is 16.3 Å². The summed E-state index contributed by atoms with van der Waals surface area (Å²) in [5.41, 5.74) is 1.72. The number of amides is 2. The first-order valence-corrected chi connectivity index (χ1v) is 12.0. The topological polar surface area (TPSA) is 115 Å². The van der Waals surface area contributed by atoms with E-state index in [1.54, 1.807) is 54.9 Å². The molecule has 182 valence electrons. The highest BCUT2D eigenvalue weighted by Crippen LogP contribution is 2.18. The lowest BCUT2D eigenvalue weighted by atomic mass is 10.2. The monoisotopic (exact) mass is 513 g/mol. The smallest absolute Gasteiger partial charge is 0.338 e. The van der Waals surface area contributed by atoms with Crippen molar-refractivity contribution in [1.82, 2.24) is 20.1 Å². The molecule has 0 unspecified atom stereocenters. The highest BCUT2D eigenvalue weighted by Gasteiger charge is 2.13. The van der Waals surface area contributed by atoms with Crippen molar-refractivity contribution in [3.05, 3.63) is 76.6 Å². The number of rotatable bonds is 10. The van der Waals surface area contributed by atoms with E-state index in [0.29, 0.717) is 33.9 Å². The molecular weight excluding hydrogens is 490 g/mol. The minimum absolute atomic E-state index is 0.110. The first-order chi connectivity index (χ1) is 16.9. The summed E-state index contributed by atoms with van der Waals surface area (Å²) in [6.45, 7) is 2.21.